The quantitative estimate of drug-likeness (QED) is 0.763. The molecule has 0 bridgehead atoms. The molecule has 1 aliphatic rings. The lowest BCUT2D eigenvalue weighted by Crippen LogP contribution is -2.45. The lowest BCUT2D eigenvalue weighted by atomic mass is 10.2. The zero-order valence-electron chi connectivity index (χ0n) is 13.3. The normalized spacial score (nSPS) is 17.0. The summed E-state index contributed by atoms with van der Waals surface area (Å²) in [5, 5.41) is 2.60. The molecular weight excluding hydrogens is 362 g/mol. The average Bonchev–Trinajstić information content (AvgIpc) is 3.09. The topological polar surface area (TPSA) is 80.1 Å². The van der Waals surface area contributed by atoms with Crippen molar-refractivity contribution >= 4 is 50.9 Å². The van der Waals surface area contributed by atoms with E-state index in [1.165, 1.54) is 11.3 Å². The molecule has 7 nitrogen and oxygen atoms in total. The number of fused-ring (bicyclic) bond motifs is 3. The number of carbonyl (C=O) groups is 2. The van der Waals surface area contributed by atoms with Crippen LogP contribution in [0.3, 0.4) is 0 Å². The third kappa shape index (κ3) is 2.87. The highest BCUT2D eigenvalue weighted by atomic mass is 35.5. The van der Waals surface area contributed by atoms with Crippen molar-refractivity contribution in [2.75, 3.05) is 18.4 Å². The van der Waals surface area contributed by atoms with E-state index >= 15 is 0 Å². The van der Waals surface area contributed by atoms with Crippen LogP contribution < -0.4 is 5.32 Å². The Morgan fingerprint density at radius 2 is 2.16 bits per heavy atom. The zero-order valence-corrected chi connectivity index (χ0v) is 14.8. The molecule has 1 N–H and O–H groups in total. The van der Waals surface area contributed by atoms with Crippen LogP contribution in [0.1, 0.15) is 23.5 Å². The molecule has 0 aliphatic carbocycles. The van der Waals surface area contributed by atoms with Gasteiger partial charge < -0.3 is 9.47 Å². The minimum Gasteiger partial charge on any atom is -0.331 e. The molecule has 4 heterocycles. The minimum atomic E-state index is -0.323. The fourth-order valence-electron chi connectivity index (χ4n) is 3.10. The second kappa shape index (κ2) is 6.12. The highest BCUT2D eigenvalue weighted by Crippen LogP contribution is 2.36. The van der Waals surface area contributed by atoms with Gasteiger partial charge in [-0.2, -0.15) is 0 Å². The van der Waals surface area contributed by atoms with E-state index in [1.807, 2.05) is 23.6 Å². The Labute approximate surface area is 152 Å². The van der Waals surface area contributed by atoms with Crippen LogP contribution in [0.15, 0.2) is 30.6 Å². The van der Waals surface area contributed by atoms with Crippen LogP contribution >= 0.6 is 22.9 Å². The summed E-state index contributed by atoms with van der Waals surface area (Å²) in [5.41, 5.74) is 1.55. The minimum absolute atomic E-state index is 0.0407. The maximum atomic E-state index is 12.8. The molecule has 3 aromatic heterocycles. The second-order valence-corrected chi connectivity index (χ2v) is 7.57. The van der Waals surface area contributed by atoms with Crippen molar-refractivity contribution in [1.29, 1.82) is 0 Å². The molecule has 25 heavy (non-hydrogen) atoms. The van der Waals surface area contributed by atoms with E-state index in [0.717, 1.165) is 10.2 Å². The molecule has 1 aliphatic heterocycles. The summed E-state index contributed by atoms with van der Waals surface area (Å²) in [5.74, 6) is -0.262. The number of thiophene rings is 1. The molecule has 4 rings (SSSR count). The molecule has 1 unspecified atom stereocenters. The summed E-state index contributed by atoms with van der Waals surface area (Å²) in [6, 6.07) is 5.44. The molecule has 128 valence electrons. The number of nitrogens with one attached hydrogen (secondary N) is 1. The second-order valence-electron chi connectivity index (χ2n) is 5.85. The summed E-state index contributed by atoms with van der Waals surface area (Å²) in [4.78, 5) is 34.4. The molecule has 3 aromatic rings. The van der Waals surface area contributed by atoms with Gasteiger partial charge in [0.05, 0.1) is 14.6 Å². The van der Waals surface area contributed by atoms with Gasteiger partial charge in [0, 0.05) is 25.0 Å². The fourth-order valence-corrected chi connectivity index (χ4v) is 4.27. The van der Waals surface area contributed by atoms with Crippen LogP contribution in [-0.2, 0) is 4.79 Å². The van der Waals surface area contributed by atoms with Crippen LogP contribution in [0, 0.1) is 0 Å². The van der Waals surface area contributed by atoms with Crippen LogP contribution in [0.25, 0.3) is 10.2 Å². The number of anilines is 1. The van der Waals surface area contributed by atoms with Crippen LogP contribution in [-0.4, -0.2) is 44.3 Å². The summed E-state index contributed by atoms with van der Waals surface area (Å²) < 4.78 is 3.67. The van der Waals surface area contributed by atoms with Gasteiger partial charge in [-0.1, -0.05) is 11.6 Å². The largest absolute Gasteiger partial charge is 0.331 e. The third-order valence-electron chi connectivity index (χ3n) is 4.08. The lowest BCUT2D eigenvalue weighted by molar-refractivity contribution is -0.117. The van der Waals surface area contributed by atoms with Gasteiger partial charge in [-0.15, -0.1) is 11.3 Å². The van der Waals surface area contributed by atoms with Gasteiger partial charge in [0.1, 0.15) is 12.2 Å². The van der Waals surface area contributed by atoms with E-state index in [-0.39, 0.29) is 30.3 Å². The Hall–Kier alpha value is -2.45. The van der Waals surface area contributed by atoms with Crippen molar-refractivity contribution in [3.05, 3.63) is 40.6 Å². The fraction of sp³-hybridized carbons (Fsp3) is 0.250. The molecule has 0 saturated carbocycles. The van der Waals surface area contributed by atoms with E-state index in [1.54, 1.807) is 23.4 Å². The van der Waals surface area contributed by atoms with Crippen LogP contribution in [0.2, 0.25) is 4.34 Å². The number of halogens is 1. The number of aromatic nitrogens is 3. The Morgan fingerprint density at radius 1 is 1.40 bits per heavy atom. The molecule has 0 fully saturated rings. The summed E-state index contributed by atoms with van der Waals surface area (Å²) >= 11 is 7.52. The number of nitrogens with zero attached hydrogens (tertiary/aromatic N) is 4. The first kappa shape index (κ1) is 16.0. The van der Waals surface area contributed by atoms with Crippen molar-refractivity contribution in [3.63, 3.8) is 0 Å². The molecule has 0 aromatic carbocycles. The first-order chi connectivity index (χ1) is 12.0. The van der Waals surface area contributed by atoms with Crippen LogP contribution in [0.4, 0.5) is 5.95 Å². The monoisotopic (exact) mass is 375 g/mol. The van der Waals surface area contributed by atoms with Crippen molar-refractivity contribution in [1.82, 2.24) is 19.4 Å². The van der Waals surface area contributed by atoms with E-state index in [0.29, 0.717) is 16.6 Å². The molecule has 0 saturated heterocycles. The van der Waals surface area contributed by atoms with E-state index in [4.69, 9.17) is 11.6 Å². The maximum Gasteiger partial charge on any atom is 0.271 e. The lowest BCUT2D eigenvalue weighted by Gasteiger charge is -2.32. The van der Waals surface area contributed by atoms with Crippen molar-refractivity contribution in [2.45, 2.75) is 13.0 Å². The molecular formula is C16H14ClN5O2S. The number of rotatable bonds is 3. The molecule has 0 spiro atoms. The predicted octanol–water partition coefficient (Wildman–Crippen LogP) is 2.80. The van der Waals surface area contributed by atoms with E-state index in [9.17, 15) is 9.59 Å². The standard InChI is InChI=1S/C16H14ClN5O2S/c1-9-7-21(8-14(23)20-16-18-3-2-4-19-16)15(24)11-5-12-10(22(9)11)6-13(17)25-12/h2-6,9H,7-8H2,1H3,(H,18,19,20,23). The number of hydrogen-bond acceptors (Lipinski definition) is 5. The van der Waals surface area contributed by atoms with Crippen molar-refractivity contribution in [2.24, 2.45) is 0 Å². The van der Waals surface area contributed by atoms with Crippen molar-refractivity contribution in [3.8, 4) is 0 Å². The van der Waals surface area contributed by atoms with Gasteiger partial charge >= 0.3 is 0 Å². The molecule has 9 heteroatoms. The van der Waals surface area contributed by atoms with Gasteiger partial charge in [-0.3, -0.25) is 14.9 Å². The van der Waals surface area contributed by atoms with Gasteiger partial charge in [0.2, 0.25) is 11.9 Å². The summed E-state index contributed by atoms with van der Waals surface area (Å²) in [7, 11) is 0. The average molecular weight is 376 g/mol. The molecule has 1 atom stereocenters. The zero-order chi connectivity index (χ0) is 17.6. The smallest absolute Gasteiger partial charge is 0.271 e. The highest BCUT2D eigenvalue weighted by Gasteiger charge is 2.32. The van der Waals surface area contributed by atoms with Crippen LogP contribution in [0.5, 0.6) is 0 Å². The first-order valence-corrected chi connectivity index (χ1v) is 8.89. The molecule has 2 amide bonds. The van der Waals surface area contributed by atoms with Crippen molar-refractivity contribution < 1.29 is 9.59 Å². The van der Waals surface area contributed by atoms with Gasteiger partial charge in [-0.25, -0.2) is 9.97 Å². The van der Waals surface area contributed by atoms with E-state index < -0.39 is 0 Å². The first-order valence-electron chi connectivity index (χ1n) is 7.69. The summed E-state index contributed by atoms with van der Waals surface area (Å²) in [6.07, 6.45) is 3.09. The Kier molecular flexibility index (Phi) is 3.93. The third-order valence-corrected chi connectivity index (χ3v) is 5.28. The molecule has 0 radical (unpaired) electrons. The SMILES string of the molecule is CC1CN(CC(=O)Nc2ncccn2)C(=O)c2cc3sc(Cl)cc3n21. The Balaban J connectivity index is 1.55. The predicted molar refractivity (Wildman–Crippen MR) is 96.1 cm³/mol. The van der Waals surface area contributed by atoms with Gasteiger partial charge in [-0.05, 0) is 25.1 Å². The Morgan fingerprint density at radius 3 is 2.92 bits per heavy atom. The summed E-state index contributed by atoms with van der Waals surface area (Å²) in [6.45, 7) is 2.43. The number of hydrogen-bond donors (Lipinski definition) is 1. The number of amides is 2. The maximum absolute atomic E-state index is 12.8. The van der Waals surface area contributed by atoms with Gasteiger partial charge in [0.15, 0.2) is 0 Å². The van der Waals surface area contributed by atoms with E-state index in [2.05, 4.69) is 15.3 Å². The van der Waals surface area contributed by atoms with Gasteiger partial charge in [0.25, 0.3) is 5.91 Å². The number of carbonyl (C=O) groups excluding carboxylic acids is 2. The Bertz CT molecular complexity index is 968. The highest BCUT2D eigenvalue weighted by molar-refractivity contribution is 7.22.